The van der Waals surface area contributed by atoms with E-state index >= 15 is 0 Å². The van der Waals surface area contributed by atoms with Crippen LogP contribution in [0.4, 0.5) is 0 Å². The predicted molar refractivity (Wildman–Crippen MR) is 132 cm³/mol. The summed E-state index contributed by atoms with van der Waals surface area (Å²) in [5, 5.41) is 27.1. The fourth-order valence-corrected chi connectivity index (χ4v) is 6.42. The van der Waals surface area contributed by atoms with Gasteiger partial charge >= 0.3 is 0 Å². The first-order valence-corrected chi connectivity index (χ1v) is 18.9. The Bertz CT molecular complexity index is 261. The minimum Gasteiger partial charge on any atom is -0.392 e. The van der Waals surface area contributed by atoms with E-state index in [-0.39, 0.29) is 20.6 Å². The molecule has 0 saturated heterocycles. The maximum absolute atomic E-state index is 9.13. The van der Waals surface area contributed by atoms with Crippen molar-refractivity contribution in [2.45, 2.75) is 26.2 Å². The van der Waals surface area contributed by atoms with Gasteiger partial charge in [0.1, 0.15) is 0 Å². The zero-order valence-electron chi connectivity index (χ0n) is 15.0. The molecule has 0 aliphatic heterocycles. The first-order chi connectivity index (χ1) is 12.2. The van der Waals surface area contributed by atoms with Gasteiger partial charge in [-0.3, -0.25) is 0 Å². The molecule has 0 radical (unpaired) electrons. The summed E-state index contributed by atoms with van der Waals surface area (Å²) in [6.07, 6.45) is 7.76. The molecule has 1 unspecified atom stereocenters. The number of aliphatic hydroxyl groups excluding tert-OH is 3. The van der Waals surface area contributed by atoms with E-state index in [1.165, 1.54) is 36.3 Å². The van der Waals surface area contributed by atoms with Crippen LogP contribution in [-0.2, 0) is 23.6 Å². The molecule has 3 N–H and O–H groups in total. The predicted octanol–water partition coefficient (Wildman–Crippen LogP) is 5.17. The number of rotatable bonds is 17. The van der Waals surface area contributed by atoms with E-state index in [1.807, 2.05) is 23.5 Å². The van der Waals surface area contributed by atoms with E-state index in [4.69, 9.17) is 15.3 Å². The lowest BCUT2D eigenvalue weighted by Gasteiger charge is -2.11. The summed E-state index contributed by atoms with van der Waals surface area (Å²) in [6.45, 7) is 2.18. The van der Waals surface area contributed by atoms with E-state index < -0.39 is 7.92 Å². The van der Waals surface area contributed by atoms with Gasteiger partial charge < -0.3 is 15.3 Å². The Morgan fingerprint density at radius 3 is 1.48 bits per heavy atom. The lowest BCUT2D eigenvalue weighted by atomic mass is 10.6. The van der Waals surface area contributed by atoms with Crippen LogP contribution >= 0.6 is 53.5 Å². The highest BCUT2D eigenvalue weighted by Crippen LogP contribution is 2.34. The first kappa shape index (κ1) is 29.7. The van der Waals surface area contributed by atoms with Gasteiger partial charge in [-0.15, -0.1) is 0 Å². The van der Waals surface area contributed by atoms with E-state index in [9.17, 15) is 0 Å². The molecule has 0 fully saturated rings. The van der Waals surface area contributed by atoms with Crippen LogP contribution in [0.25, 0.3) is 0 Å². The molecule has 11 heteroatoms. The molecule has 0 spiro atoms. The Morgan fingerprint density at radius 2 is 1.12 bits per heavy atom. The Kier molecular flexibility index (Phi) is 31.4. The van der Waals surface area contributed by atoms with Crippen molar-refractivity contribution in [3.8, 4) is 0 Å². The molecule has 3 nitrogen and oxygen atoms in total. The molecule has 0 aromatic carbocycles. The summed E-state index contributed by atoms with van der Waals surface area (Å²) >= 11 is 12.9. The fourth-order valence-electron chi connectivity index (χ4n) is 1.76. The molecule has 150 valence electrons. The van der Waals surface area contributed by atoms with Crippen molar-refractivity contribution >= 4 is 77.1 Å². The Morgan fingerprint density at radius 1 is 0.720 bits per heavy atom. The van der Waals surface area contributed by atoms with Crippen LogP contribution in [0, 0.1) is 0 Å². The third-order valence-electron chi connectivity index (χ3n) is 3.18. The molecule has 0 aromatic heterocycles. The number of hydrogen-bond acceptors (Lipinski definition) is 7. The van der Waals surface area contributed by atoms with E-state index in [2.05, 4.69) is 30.5 Å². The van der Waals surface area contributed by atoms with Crippen LogP contribution in [0.15, 0.2) is 0 Å². The SMILES string of the molecule is CCP(CO)CCCSCCCSCCCP(CO)CO.S=PP=S. The highest BCUT2D eigenvalue weighted by molar-refractivity contribution is 8.40. The van der Waals surface area contributed by atoms with Crippen LogP contribution in [-0.4, -0.2) is 75.9 Å². The van der Waals surface area contributed by atoms with Gasteiger partial charge in [-0.05, 0) is 84.4 Å². The van der Waals surface area contributed by atoms with Crippen molar-refractivity contribution in [1.29, 1.82) is 0 Å². The molecule has 0 rings (SSSR count). The van der Waals surface area contributed by atoms with Gasteiger partial charge in [0.25, 0.3) is 0 Å². The standard InChI is InChI=1S/C14H32O3P2S2.P2S2/c1-2-18(12-15)6-3-8-20-10-5-11-21-9-4-7-19(13-16)14-17;3-1-2-4/h15-17H,2-14H2,1H3;. The monoisotopic (exact) mass is 500 g/mol. The van der Waals surface area contributed by atoms with Gasteiger partial charge in [-0.25, -0.2) is 0 Å². The maximum Gasteiger partial charge on any atom is 0.0646 e. The third-order valence-corrected chi connectivity index (χ3v) is 12.2. The van der Waals surface area contributed by atoms with Crippen molar-refractivity contribution in [2.24, 2.45) is 0 Å². The lowest BCUT2D eigenvalue weighted by Crippen LogP contribution is -1.96. The second-order valence-electron chi connectivity index (χ2n) is 4.98. The molecule has 0 amide bonds. The second-order valence-corrected chi connectivity index (χ2v) is 16.7. The van der Waals surface area contributed by atoms with Crippen molar-refractivity contribution in [3.05, 3.63) is 0 Å². The molecule has 0 aromatic rings. The van der Waals surface area contributed by atoms with Crippen molar-refractivity contribution < 1.29 is 15.3 Å². The van der Waals surface area contributed by atoms with Crippen LogP contribution in [0.5, 0.6) is 0 Å². The zero-order chi connectivity index (χ0) is 19.2. The molecule has 1 atom stereocenters. The minimum atomic E-state index is -0.522. The fraction of sp³-hybridized carbons (Fsp3) is 1.00. The Hall–Kier alpha value is 2.48. The summed E-state index contributed by atoms with van der Waals surface area (Å²) in [4.78, 5) is 0. The number of thioether (sulfide) groups is 2. The summed E-state index contributed by atoms with van der Waals surface area (Å²) in [6, 6.07) is 0. The molecule has 0 heterocycles. The van der Waals surface area contributed by atoms with Gasteiger partial charge in [-0.2, -0.15) is 23.5 Å². The Labute approximate surface area is 178 Å². The van der Waals surface area contributed by atoms with Crippen LogP contribution in [0.2, 0.25) is 0 Å². The summed E-state index contributed by atoms with van der Waals surface area (Å²) in [5.74, 6) is 4.86. The van der Waals surface area contributed by atoms with Gasteiger partial charge in [0.2, 0.25) is 0 Å². The third kappa shape index (κ3) is 24.4. The molecular formula is C14H32O3P4S4. The van der Waals surface area contributed by atoms with Gasteiger partial charge in [-0.1, -0.05) is 22.8 Å². The maximum atomic E-state index is 9.13. The molecule has 0 saturated carbocycles. The number of hydrogen-bond donors (Lipinski definition) is 3. The first-order valence-electron chi connectivity index (χ1n) is 8.27. The number of aliphatic hydroxyl groups is 3. The topological polar surface area (TPSA) is 60.7 Å². The van der Waals surface area contributed by atoms with Crippen LogP contribution in [0.1, 0.15) is 26.2 Å². The molecule has 0 bridgehead atoms. The quantitative estimate of drug-likeness (QED) is 0.188. The average Bonchev–Trinajstić information content (AvgIpc) is 2.66. The van der Waals surface area contributed by atoms with E-state index in [1.54, 1.807) is 0 Å². The van der Waals surface area contributed by atoms with Gasteiger partial charge in [0, 0.05) is 14.1 Å². The van der Waals surface area contributed by atoms with E-state index in [0.29, 0.717) is 6.35 Å². The summed E-state index contributed by atoms with van der Waals surface area (Å²) in [5.41, 5.74) is 0. The molecular weight excluding hydrogens is 468 g/mol. The van der Waals surface area contributed by atoms with Crippen molar-refractivity contribution in [3.63, 3.8) is 0 Å². The average molecular weight is 501 g/mol. The van der Waals surface area contributed by atoms with Crippen molar-refractivity contribution in [1.82, 2.24) is 0 Å². The summed E-state index contributed by atoms with van der Waals surface area (Å²) in [7, 11) is 1.12. The molecule has 0 aliphatic rings. The minimum absolute atomic E-state index is 0.0953. The zero-order valence-corrected chi connectivity index (χ0v) is 21.8. The smallest absolute Gasteiger partial charge is 0.0646 e. The van der Waals surface area contributed by atoms with Crippen LogP contribution in [0.3, 0.4) is 0 Å². The van der Waals surface area contributed by atoms with Gasteiger partial charge in [0.15, 0.2) is 0 Å². The lowest BCUT2D eigenvalue weighted by molar-refractivity contribution is 0.343. The van der Waals surface area contributed by atoms with E-state index in [0.717, 1.165) is 38.6 Å². The highest BCUT2D eigenvalue weighted by Gasteiger charge is 2.04. The Balaban J connectivity index is 0. The van der Waals surface area contributed by atoms with Gasteiger partial charge in [0.05, 0.1) is 19.0 Å². The highest BCUT2D eigenvalue weighted by atomic mass is 32.7. The second kappa shape index (κ2) is 26.5. The summed E-state index contributed by atoms with van der Waals surface area (Å²) < 4.78 is 0. The largest absolute Gasteiger partial charge is 0.392 e. The molecule has 0 aliphatic carbocycles. The molecule has 25 heavy (non-hydrogen) atoms. The normalized spacial score (nSPS) is 12.4. The van der Waals surface area contributed by atoms with Crippen molar-refractivity contribution in [2.75, 3.05) is 60.5 Å². The van der Waals surface area contributed by atoms with Crippen LogP contribution < -0.4 is 0 Å².